The van der Waals surface area contributed by atoms with E-state index in [0.29, 0.717) is 6.42 Å². The molecule has 1 saturated heterocycles. The molecule has 1 amide bonds. The molecule has 1 aliphatic heterocycles. The minimum Gasteiger partial charge on any atom is -0.370 e. The number of amides is 1. The zero-order valence-electron chi connectivity index (χ0n) is 10.8. The quantitative estimate of drug-likeness (QED) is 0.909. The number of nitrogens with zero attached hydrogens (tertiary/aromatic N) is 1. The normalized spacial score (nSPS) is 19.8. The van der Waals surface area contributed by atoms with E-state index in [9.17, 15) is 26.4 Å². The van der Waals surface area contributed by atoms with Gasteiger partial charge in [-0.1, -0.05) is 12.1 Å². The number of rotatable bonds is 3. The summed E-state index contributed by atoms with van der Waals surface area (Å²) in [6.07, 6.45) is 0.385. The van der Waals surface area contributed by atoms with Gasteiger partial charge in [-0.2, -0.15) is 13.2 Å². The van der Waals surface area contributed by atoms with Crippen LogP contribution in [0.4, 0.5) is 18.9 Å². The Hall–Kier alpha value is -1.77. The first-order valence-electron chi connectivity index (χ1n) is 6.09. The molecule has 2 N–H and O–H groups in total. The first kappa shape index (κ1) is 15.6. The van der Waals surface area contributed by atoms with Gasteiger partial charge in [0.1, 0.15) is 0 Å². The number of halogens is 3. The van der Waals surface area contributed by atoms with Crippen molar-refractivity contribution in [2.24, 2.45) is 11.7 Å². The number of para-hydroxylation sites is 1. The van der Waals surface area contributed by atoms with E-state index in [1.54, 1.807) is 0 Å². The highest BCUT2D eigenvalue weighted by molar-refractivity contribution is 7.92. The van der Waals surface area contributed by atoms with Crippen molar-refractivity contribution in [1.29, 1.82) is 0 Å². The molecule has 2 rings (SSSR count). The van der Waals surface area contributed by atoms with E-state index >= 15 is 0 Å². The van der Waals surface area contributed by atoms with Gasteiger partial charge in [-0.05, 0) is 18.6 Å². The van der Waals surface area contributed by atoms with Gasteiger partial charge >= 0.3 is 5.51 Å². The molecule has 1 heterocycles. The molecule has 1 fully saturated rings. The Kier molecular flexibility index (Phi) is 3.87. The molecule has 21 heavy (non-hydrogen) atoms. The van der Waals surface area contributed by atoms with E-state index in [4.69, 9.17) is 5.73 Å². The Morgan fingerprint density at radius 3 is 2.43 bits per heavy atom. The van der Waals surface area contributed by atoms with Crippen molar-refractivity contribution in [3.63, 3.8) is 0 Å². The molecule has 9 heteroatoms. The topological polar surface area (TPSA) is 80.5 Å². The lowest BCUT2D eigenvalue weighted by Crippen LogP contribution is -2.30. The summed E-state index contributed by atoms with van der Waals surface area (Å²) >= 11 is 0. The first-order chi connectivity index (χ1) is 9.64. The van der Waals surface area contributed by atoms with Gasteiger partial charge in [0.25, 0.3) is 9.84 Å². The first-order valence-corrected chi connectivity index (χ1v) is 7.57. The minimum absolute atomic E-state index is 0.0569. The van der Waals surface area contributed by atoms with Crippen LogP contribution in [0.1, 0.15) is 6.42 Å². The second kappa shape index (κ2) is 5.21. The second-order valence-electron chi connectivity index (χ2n) is 4.75. The minimum atomic E-state index is -5.44. The van der Waals surface area contributed by atoms with Crippen molar-refractivity contribution in [2.45, 2.75) is 16.8 Å². The average Bonchev–Trinajstić information content (AvgIpc) is 2.87. The summed E-state index contributed by atoms with van der Waals surface area (Å²) in [5, 5.41) is 0. The molecule has 0 bridgehead atoms. The molecule has 1 atom stereocenters. The van der Waals surface area contributed by atoms with Crippen LogP contribution >= 0.6 is 0 Å². The van der Waals surface area contributed by atoms with E-state index in [0.717, 1.165) is 6.07 Å². The van der Waals surface area contributed by atoms with Crippen molar-refractivity contribution in [1.82, 2.24) is 0 Å². The molecule has 0 unspecified atom stereocenters. The molecule has 0 spiro atoms. The maximum Gasteiger partial charge on any atom is 0.501 e. The molecule has 0 radical (unpaired) electrons. The number of primary amides is 1. The van der Waals surface area contributed by atoms with E-state index in [1.807, 2.05) is 0 Å². The summed E-state index contributed by atoms with van der Waals surface area (Å²) < 4.78 is 61.3. The number of benzene rings is 1. The fraction of sp³-hybridized carbons (Fsp3) is 0.417. The number of anilines is 1. The summed E-state index contributed by atoms with van der Waals surface area (Å²) in [6.45, 7) is 0.387. The summed E-state index contributed by atoms with van der Waals surface area (Å²) in [4.78, 5) is 11.8. The molecule has 116 valence electrons. The molecular weight excluding hydrogens is 309 g/mol. The van der Waals surface area contributed by atoms with Crippen molar-refractivity contribution < 1.29 is 26.4 Å². The van der Waals surface area contributed by atoms with Gasteiger partial charge < -0.3 is 10.6 Å². The highest BCUT2D eigenvalue weighted by atomic mass is 32.2. The third-order valence-electron chi connectivity index (χ3n) is 3.39. The van der Waals surface area contributed by atoms with Gasteiger partial charge in [-0.25, -0.2) is 8.42 Å². The lowest BCUT2D eigenvalue weighted by molar-refractivity contribution is -0.121. The van der Waals surface area contributed by atoms with Crippen LogP contribution in [0.3, 0.4) is 0 Å². The fourth-order valence-corrected chi connectivity index (χ4v) is 3.26. The number of sulfone groups is 1. The van der Waals surface area contributed by atoms with Crippen LogP contribution < -0.4 is 10.6 Å². The Bertz CT molecular complexity index is 658. The molecule has 0 saturated carbocycles. The number of carbonyl (C=O) groups excluding carboxylic acids is 1. The summed E-state index contributed by atoms with van der Waals surface area (Å²) in [5.74, 6) is -1.04. The van der Waals surface area contributed by atoms with E-state index in [1.165, 1.54) is 23.1 Å². The van der Waals surface area contributed by atoms with Crippen molar-refractivity contribution >= 4 is 21.4 Å². The predicted octanol–water partition coefficient (Wildman–Crippen LogP) is 1.29. The van der Waals surface area contributed by atoms with E-state index in [-0.39, 0.29) is 18.8 Å². The van der Waals surface area contributed by atoms with Crippen LogP contribution in [0.5, 0.6) is 0 Å². The largest absolute Gasteiger partial charge is 0.501 e. The maximum atomic E-state index is 12.7. The number of nitrogens with two attached hydrogens (primary N) is 1. The van der Waals surface area contributed by atoms with Gasteiger partial charge in [0, 0.05) is 13.1 Å². The Labute approximate surface area is 119 Å². The van der Waals surface area contributed by atoms with Gasteiger partial charge in [0.05, 0.1) is 16.5 Å². The Morgan fingerprint density at radius 2 is 1.90 bits per heavy atom. The summed E-state index contributed by atoms with van der Waals surface area (Å²) in [6, 6.07) is 4.88. The molecule has 5 nitrogen and oxygen atoms in total. The van der Waals surface area contributed by atoms with Crippen molar-refractivity contribution in [3.05, 3.63) is 24.3 Å². The van der Waals surface area contributed by atoms with Crippen LogP contribution in [0, 0.1) is 5.92 Å². The van der Waals surface area contributed by atoms with Gasteiger partial charge in [0.15, 0.2) is 0 Å². The molecule has 1 aromatic rings. The van der Waals surface area contributed by atoms with Crippen molar-refractivity contribution in [2.75, 3.05) is 18.0 Å². The zero-order chi connectivity index (χ0) is 15.8. The lowest BCUT2D eigenvalue weighted by Gasteiger charge is -2.22. The van der Waals surface area contributed by atoms with E-state index in [2.05, 4.69) is 0 Å². The molecular formula is C12H13F3N2O3S. The zero-order valence-corrected chi connectivity index (χ0v) is 11.6. The Balaban J connectivity index is 2.42. The maximum absolute atomic E-state index is 12.7. The number of hydrogen-bond acceptors (Lipinski definition) is 4. The SMILES string of the molecule is NC(=O)[C@H]1CCN(c2ccccc2S(=O)(=O)C(F)(F)F)C1. The van der Waals surface area contributed by atoms with Gasteiger partial charge in [0.2, 0.25) is 5.91 Å². The standard InChI is InChI=1S/C12H13F3N2O3S/c13-12(14,15)21(19,20)10-4-2-1-3-9(10)17-6-5-8(7-17)11(16)18/h1-4,8H,5-7H2,(H2,16,18)/t8-/m0/s1. The average molecular weight is 322 g/mol. The van der Waals surface area contributed by atoms with Crippen LogP contribution in [-0.4, -0.2) is 32.9 Å². The second-order valence-corrected chi connectivity index (χ2v) is 6.66. The van der Waals surface area contributed by atoms with Crippen LogP contribution in [0.2, 0.25) is 0 Å². The van der Waals surface area contributed by atoms with Gasteiger partial charge in [-0.15, -0.1) is 0 Å². The highest BCUT2D eigenvalue weighted by Crippen LogP contribution is 2.37. The third kappa shape index (κ3) is 2.82. The summed E-state index contributed by atoms with van der Waals surface area (Å²) in [5.41, 5.74) is -0.259. The van der Waals surface area contributed by atoms with E-state index < -0.39 is 32.1 Å². The Morgan fingerprint density at radius 1 is 1.29 bits per heavy atom. The predicted molar refractivity (Wildman–Crippen MR) is 69.2 cm³/mol. The smallest absolute Gasteiger partial charge is 0.370 e. The van der Waals surface area contributed by atoms with Crippen LogP contribution in [-0.2, 0) is 14.6 Å². The lowest BCUT2D eigenvalue weighted by atomic mass is 10.1. The molecule has 0 aliphatic carbocycles. The number of carbonyl (C=O) groups is 1. The van der Waals surface area contributed by atoms with Crippen LogP contribution in [0.25, 0.3) is 0 Å². The van der Waals surface area contributed by atoms with Gasteiger partial charge in [-0.3, -0.25) is 4.79 Å². The van der Waals surface area contributed by atoms with Crippen LogP contribution in [0.15, 0.2) is 29.2 Å². The fourth-order valence-electron chi connectivity index (χ4n) is 2.28. The van der Waals surface area contributed by atoms with Crippen molar-refractivity contribution in [3.8, 4) is 0 Å². The highest BCUT2D eigenvalue weighted by Gasteiger charge is 2.48. The molecule has 0 aromatic heterocycles. The summed E-state index contributed by atoms with van der Waals surface area (Å²) in [7, 11) is -5.44. The number of alkyl halides is 3. The monoisotopic (exact) mass is 322 g/mol. The third-order valence-corrected chi connectivity index (χ3v) is 4.92. The molecule has 1 aromatic carbocycles. The number of hydrogen-bond donors (Lipinski definition) is 1. The molecule has 1 aliphatic rings.